The van der Waals surface area contributed by atoms with Crippen molar-refractivity contribution in [1.82, 2.24) is 0 Å². The van der Waals surface area contributed by atoms with E-state index in [9.17, 15) is 0 Å². The van der Waals surface area contributed by atoms with Crippen molar-refractivity contribution in [1.29, 1.82) is 0 Å². The first-order chi connectivity index (χ1) is 10.8. The molecule has 2 heterocycles. The van der Waals surface area contributed by atoms with E-state index in [2.05, 4.69) is 67.6 Å². The lowest BCUT2D eigenvalue weighted by atomic mass is 9.75. The summed E-state index contributed by atoms with van der Waals surface area (Å²) in [5, 5.41) is 0. The van der Waals surface area contributed by atoms with Gasteiger partial charge in [0, 0.05) is 0 Å². The van der Waals surface area contributed by atoms with Crippen molar-refractivity contribution in [2.75, 3.05) is 0 Å². The molecule has 2 aromatic carbocycles. The fraction of sp³-hybridized carbons (Fsp3) is 0.400. The molecule has 0 amide bonds. The highest BCUT2D eigenvalue weighted by atomic mass is 17.2. The van der Waals surface area contributed by atoms with Crippen molar-refractivity contribution in [3.8, 4) is 0 Å². The summed E-state index contributed by atoms with van der Waals surface area (Å²) in [5.74, 6) is 0.423. The Hall–Kier alpha value is -1.64. The van der Waals surface area contributed by atoms with E-state index < -0.39 is 0 Å². The number of benzene rings is 2. The number of rotatable bonds is 2. The molecule has 2 aliphatic heterocycles. The molecule has 0 radical (unpaired) electrons. The SMILES string of the molecule is CC1CC2(c3ccccc3)CCCC1(c1ccccc1)OO2. The summed E-state index contributed by atoms with van der Waals surface area (Å²) in [6, 6.07) is 21.1. The van der Waals surface area contributed by atoms with Crippen LogP contribution in [-0.2, 0) is 21.0 Å². The Labute approximate surface area is 132 Å². The molecule has 3 unspecified atom stereocenters. The van der Waals surface area contributed by atoms with Crippen molar-refractivity contribution in [2.24, 2.45) is 5.92 Å². The van der Waals surface area contributed by atoms with E-state index in [1.54, 1.807) is 0 Å². The van der Waals surface area contributed by atoms with E-state index in [0.717, 1.165) is 25.7 Å². The average molecular weight is 294 g/mol. The van der Waals surface area contributed by atoms with Gasteiger partial charge in [-0.15, -0.1) is 0 Å². The predicted octanol–water partition coefficient (Wildman–Crippen LogP) is 4.95. The standard InChI is InChI=1S/C20H22O2/c1-16-15-19(17-9-4-2-5-10-17)13-8-14-20(16,22-21-19)18-11-6-3-7-12-18/h2-7,9-12,16H,8,13-15H2,1H3. The highest BCUT2D eigenvalue weighted by Gasteiger charge is 2.54. The molecule has 2 bridgehead atoms. The highest BCUT2D eigenvalue weighted by Crippen LogP contribution is 2.55. The maximum absolute atomic E-state index is 6.15. The molecule has 22 heavy (non-hydrogen) atoms. The van der Waals surface area contributed by atoms with Crippen molar-refractivity contribution >= 4 is 0 Å². The average Bonchev–Trinajstić information content (AvgIpc) is 2.86. The van der Waals surface area contributed by atoms with Gasteiger partial charge in [-0.2, -0.15) is 0 Å². The van der Waals surface area contributed by atoms with Crippen LogP contribution in [0.4, 0.5) is 0 Å². The van der Waals surface area contributed by atoms with Gasteiger partial charge in [0.2, 0.25) is 0 Å². The summed E-state index contributed by atoms with van der Waals surface area (Å²) in [6.07, 6.45) is 4.17. The molecule has 2 aromatic rings. The van der Waals surface area contributed by atoms with E-state index in [1.807, 2.05) is 0 Å². The first-order valence-corrected chi connectivity index (χ1v) is 8.23. The second kappa shape index (κ2) is 5.22. The van der Waals surface area contributed by atoms with E-state index in [1.165, 1.54) is 11.1 Å². The van der Waals surface area contributed by atoms with Gasteiger partial charge in [0.05, 0.1) is 0 Å². The van der Waals surface area contributed by atoms with Crippen molar-refractivity contribution in [3.63, 3.8) is 0 Å². The number of hydrogen-bond donors (Lipinski definition) is 0. The van der Waals surface area contributed by atoms with Gasteiger partial charge in [0.15, 0.2) is 0 Å². The van der Waals surface area contributed by atoms with Crippen LogP contribution in [0.2, 0.25) is 0 Å². The Balaban J connectivity index is 1.73. The smallest absolute Gasteiger partial charge is 0.131 e. The van der Waals surface area contributed by atoms with Gasteiger partial charge < -0.3 is 0 Å². The van der Waals surface area contributed by atoms with Crippen LogP contribution in [0.15, 0.2) is 60.7 Å². The summed E-state index contributed by atoms with van der Waals surface area (Å²) < 4.78 is 0. The Morgan fingerprint density at radius 2 is 1.45 bits per heavy atom. The maximum atomic E-state index is 6.15. The zero-order valence-electron chi connectivity index (χ0n) is 13.0. The Bertz CT molecular complexity index is 639. The van der Waals surface area contributed by atoms with Gasteiger partial charge in [0.25, 0.3) is 0 Å². The van der Waals surface area contributed by atoms with Crippen LogP contribution in [0, 0.1) is 5.92 Å². The molecule has 0 N–H and O–H groups in total. The summed E-state index contributed by atoms with van der Waals surface area (Å²) in [4.78, 5) is 12.2. The van der Waals surface area contributed by atoms with Crippen molar-refractivity contribution < 1.29 is 9.78 Å². The van der Waals surface area contributed by atoms with Gasteiger partial charge >= 0.3 is 0 Å². The molecule has 0 spiro atoms. The first kappa shape index (κ1) is 14.0. The summed E-state index contributed by atoms with van der Waals surface area (Å²) in [6.45, 7) is 2.30. The molecular weight excluding hydrogens is 272 g/mol. The zero-order valence-corrected chi connectivity index (χ0v) is 13.0. The minimum absolute atomic E-state index is 0.282. The third-order valence-electron chi connectivity index (χ3n) is 5.47. The molecule has 5 rings (SSSR count). The van der Waals surface area contributed by atoms with Crippen LogP contribution in [0.1, 0.15) is 43.7 Å². The van der Waals surface area contributed by atoms with Crippen molar-refractivity contribution in [3.05, 3.63) is 71.8 Å². The quantitative estimate of drug-likeness (QED) is 0.730. The molecule has 114 valence electrons. The summed E-state index contributed by atoms with van der Waals surface area (Å²) in [7, 11) is 0. The molecule has 0 aromatic heterocycles. The van der Waals surface area contributed by atoms with Crippen LogP contribution >= 0.6 is 0 Å². The normalized spacial score (nSPS) is 34.3. The fourth-order valence-electron chi connectivity index (χ4n) is 4.25. The van der Waals surface area contributed by atoms with E-state index in [4.69, 9.17) is 9.78 Å². The van der Waals surface area contributed by atoms with E-state index >= 15 is 0 Å². The van der Waals surface area contributed by atoms with Crippen molar-refractivity contribution in [2.45, 2.75) is 43.8 Å². The van der Waals surface area contributed by atoms with Gasteiger partial charge in [-0.05, 0) is 42.7 Å². The van der Waals surface area contributed by atoms with Gasteiger partial charge in [-0.1, -0.05) is 67.6 Å². The first-order valence-electron chi connectivity index (χ1n) is 8.23. The van der Waals surface area contributed by atoms with Crippen LogP contribution < -0.4 is 0 Å². The van der Waals surface area contributed by atoms with Crippen LogP contribution in [0.5, 0.6) is 0 Å². The summed E-state index contributed by atoms with van der Waals surface area (Å²) in [5.41, 5.74) is 1.90. The molecule has 2 nitrogen and oxygen atoms in total. The molecule has 3 atom stereocenters. The molecule has 3 fully saturated rings. The molecule has 1 aliphatic carbocycles. The topological polar surface area (TPSA) is 18.5 Å². The second-order valence-electron chi connectivity index (χ2n) is 6.74. The van der Waals surface area contributed by atoms with Crippen LogP contribution in [-0.4, -0.2) is 0 Å². The van der Waals surface area contributed by atoms with Gasteiger partial charge in [-0.3, -0.25) is 0 Å². The molecule has 2 heteroatoms. The highest BCUT2D eigenvalue weighted by molar-refractivity contribution is 5.28. The maximum Gasteiger partial charge on any atom is 0.131 e. The van der Waals surface area contributed by atoms with Crippen LogP contribution in [0.3, 0.4) is 0 Å². The third-order valence-corrected chi connectivity index (χ3v) is 5.47. The number of hydrogen-bond acceptors (Lipinski definition) is 2. The monoisotopic (exact) mass is 294 g/mol. The largest absolute Gasteiger partial charge is 0.224 e. The van der Waals surface area contributed by atoms with Gasteiger partial charge in [0.1, 0.15) is 11.2 Å². The minimum atomic E-state index is -0.296. The lowest BCUT2D eigenvalue weighted by Gasteiger charge is -2.46. The fourth-order valence-corrected chi connectivity index (χ4v) is 4.25. The molecule has 2 saturated heterocycles. The Morgan fingerprint density at radius 3 is 2.09 bits per heavy atom. The zero-order chi connectivity index (χ0) is 15.0. The Kier molecular flexibility index (Phi) is 3.32. The Morgan fingerprint density at radius 1 is 0.818 bits per heavy atom. The molecular formula is C20H22O2. The van der Waals surface area contributed by atoms with Gasteiger partial charge in [-0.25, -0.2) is 9.78 Å². The lowest BCUT2D eigenvalue weighted by molar-refractivity contribution is -0.456. The lowest BCUT2D eigenvalue weighted by Crippen LogP contribution is -2.46. The van der Waals surface area contributed by atoms with E-state index in [-0.39, 0.29) is 11.2 Å². The van der Waals surface area contributed by atoms with E-state index in [0.29, 0.717) is 5.92 Å². The molecule has 1 saturated carbocycles. The predicted molar refractivity (Wildman–Crippen MR) is 86.0 cm³/mol. The molecule has 3 aliphatic rings. The van der Waals surface area contributed by atoms with Crippen LogP contribution in [0.25, 0.3) is 0 Å². The summed E-state index contributed by atoms with van der Waals surface area (Å²) >= 11 is 0. The number of fused-ring (bicyclic) bond motifs is 4. The third kappa shape index (κ3) is 2.02. The minimum Gasteiger partial charge on any atom is -0.224 e. The second-order valence-corrected chi connectivity index (χ2v) is 6.74.